The molecule has 1 aliphatic heterocycles. The van der Waals surface area contributed by atoms with Gasteiger partial charge in [0.1, 0.15) is 0 Å². The number of urea groups is 1. The summed E-state index contributed by atoms with van der Waals surface area (Å²) in [4.78, 5) is 24.6. The number of carbonyl (C=O) groups is 2. The molecule has 0 aromatic carbocycles. The summed E-state index contributed by atoms with van der Waals surface area (Å²) in [5.41, 5.74) is 0. The van der Waals surface area contributed by atoms with E-state index in [0.717, 1.165) is 19.5 Å². The predicted molar refractivity (Wildman–Crippen MR) is 73.1 cm³/mol. The number of nitrogens with zero attached hydrogens (tertiary/aromatic N) is 1. The highest BCUT2D eigenvalue weighted by molar-refractivity contribution is 5.75. The van der Waals surface area contributed by atoms with Crippen LogP contribution in [0.25, 0.3) is 0 Å². The van der Waals surface area contributed by atoms with Crippen LogP contribution in [-0.2, 0) is 4.79 Å². The van der Waals surface area contributed by atoms with Gasteiger partial charge in [-0.15, -0.1) is 0 Å². The third-order valence-electron chi connectivity index (χ3n) is 3.52. The standard InChI is InChI=1S/C13H25N3O3/c1-3-11(7-12(17)18)15-13(19)14-8-10-5-4-6-16(2)9-10/h10-11H,3-9H2,1-2H3,(H,17,18)(H2,14,15,19). The second-order valence-electron chi connectivity index (χ2n) is 5.33. The van der Waals surface area contributed by atoms with Crippen LogP contribution >= 0.6 is 0 Å². The van der Waals surface area contributed by atoms with Crippen molar-refractivity contribution in [3.8, 4) is 0 Å². The molecule has 1 aliphatic rings. The maximum atomic E-state index is 11.7. The minimum atomic E-state index is -0.888. The van der Waals surface area contributed by atoms with Crippen molar-refractivity contribution in [3.05, 3.63) is 0 Å². The maximum Gasteiger partial charge on any atom is 0.315 e. The van der Waals surface area contributed by atoms with E-state index in [4.69, 9.17) is 5.11 Å². The molecule has 2 unspecified atom stereocenters. The highest BCUT2D eigenvalue weighted by Crippen LogP contribution is 2.13. The molecule has 0 bridgehead atoms. The van der Waals surface area contributed by atoms with Crippen molar-refractivity contribution in [3.63, 3.8) is 0 Å². The second kappa shape index (κ2) is 7.99. The molecule has 0 aliphatic carbocycles. The summed E-state index contributed by atoms with van der Waals surface area (Å²) < 4.78 is 0. The van der Waals surface area contributed by atoms with Gasteiger partial charge in [-0.3, -0.25) is 4.79 Å². The summed E-state index contributed by atoms with van der Waals surface area (Å²) in [5.74, 6) is -0.398. The van der Waals surface area contributed by atoms with Crippen LogP contribution in [-0.4, -0.2) is 54.7 Å². The molecule has 19 heavy (non-hydrogen) atoms. The molecule has 0 radical (unpaired) electrons. The van der Waals surface area contributed by atoms with Gasteiger partial charge in [0.25, 0.3) is 0 Å². The Balaban J connectivity index is 2.24. The molecule has 0 saturated carbocycles. The van der Waals surface area contributed by atoms with Gasteiger partial charge in [-0.05, 0) is 38.8 Å². The first-order valence-corrected chi connectivity index (χ1v) is 6.96. The Hall–Kier alpha value is -1.30. The van der Waals surface area contributed by atoms with E-state index in [1.54, 1.807) is 0 Å². The Labute approximate surface area is 114 Å². The smallest absolute Gasteiger partial charge is 0.315 e. The van der Waals surface area contributed by atoms with Crippen molar-refractivity contribution in [2.24, 2.45) is 5.92 Å². The summed E-state index contributed by atoms with van der Waals surface area (Å²) in [6.07, 6.45) is 2.89. The number of hydrogen-bond acceptors (Lipinski definition) is 3. The number of carboxylic acids is 1. The summed E-state index contributed by atoms with van der Waals surface area (Å²) in [5, 5.41) is 14.3. The van der Waals surface area contributed by atoms with E-state index in [1.165, 1.54) is 6.42 Å². The third-order valence-corrected chi connectivity index (χ3v) is 3.52. The number of carbonyl (C=O) groups excluding carboxylic acids is 1. The zero-order chi connectivity index (χ0) is 14.3. The highest BCUT2D eigenvalue weighted by Gasteiger charge is 2.19. The molecule has 3 N–H and O–H groups in total. The van der Waals surface area contributed by atoms with Gasteiger partial charge < -0.3 is 20.6 Å². The van der Waals surface area contributed by atoms with Crippen LogP contribution in [0, 0.1) is 5.92 Å². The van der Waals surface area contributed by atoms with Crippen LogP contribution in [0.15, 0.2) is 0 Å². The van der Waals surface area contributed by atoms with Crippen molar-refractivity contribution in [1.29, 1.82) is 0 Å². The lowest BCUT2D eigenvalue weighted by molar-refractivity contribution is -0.137. The maximum absolute atomic E-state index is 11.7. The normalized spacial score (nSPS) is 21.7. The molecule has 1 heterocycles. The predicted octanol–water partition coefficient (Wildman–Crippen LogP) is 0.881. The first kappa shape index (κ1) is 15.8. The van der Waals surface area contributed by atoms with Gasteiger partial charge in [0.05, 0.1) is 6.42 Å². The lowest BCUT2D eigenvalue weighted by atomic mass is 9.99. The number of likely N-dealkylation sites (tertiary alicyclic amines) is 1. The molecule has 0 spiro atoms. The van der Waals surface area contributed by atoms with Crippen LogP contribution in [0.2, 0.25) is 0 Å². The van der Waals surface area contributed by atoms with E-state index in [9.17, 15) is 9.59 Å². The molecule has 0 aromatic heterocycles. The molecule has 2 atom stereocenters. The van der Waals surface area contributed by atoms with E-state index in [2.05, 4.69) is 22.6 Å². The quantitative estimate of drug-likeness (QED) is 0.670. The molecule has 1 rings (SSSR count). The Morgan fingerprint density at radius 2 is 2.21 bits per heavy atom. The first-order chi connectivity index (χ1) is 9.01. The molecular weight excluding hydrogens is 246 g/mol. The van der Waals surface area contributed by atoms with Crippen LogP contribution in [0.1, 0.15) is 32.6 Å². The molecule has 2 amide bonds. The second-order valence-corrected chi connectivity index (χ2v) is 5.33. The molecule has 1 saturated heterocycles. The van der Waals surface area contributed by atoms with Crippen LogP contribution in [0.3, 0.4) is 0 Å². The average molecular weight is 271 g/mol. The number of hydrogen-bond donors (Lipinski definition) is 3. The molecular formula is C13H25N3O3. The van der Waals surface area contributed by atoms with Gasteiger partial charge in [-0.1, -0.05) is 6.92 Å². The average Bonchev–Trinajstić information content (AvgIpc) is 2.35. The van der Waals surface area contributed by atoms with Gasteiger partial charge in [0, 0.05) is 19.1 Å². The Morgan fingerprint density at radius 3 is 2.79 bits per heavy atom. The largest absolute Gasteiger partial charge is 0.481 e. The van der Waals surface area contributed by atoms with E-state index in [-0.39, 0.29) is 18.5 Å². The topological polar surface area (TPSA) is 81.7 Å². The Bertz CT molecular complexity index is 310. The van der Waals surface area contributed by atoms with Crippen molar-refractivity contribution in [2.45, 2.75) is 38.6 Å². The number of aliphatic carboxylic acids is 1. The summed E-state index contributed by atoms with van der Waals surface area (Å²) >= 11 is 0. The fraction of sp³-hybridized carbons (Fsp3) is 0.846. The summed E-state index contributed by atoms with van der Waals surface area (Å²) in [7, 11) is 2.09. The lowest BCUT2D eigenvalue weighted by Crippen LogP contribution is -2.46. The van der Waals surface area contributed by atoms with E-state index in [0.29, 0.717) is 18.9 Å². The van der Waals surface area contributed by atoms with Crippen LogP contribution in [0.5, 0.6) is 0 Å². The number of nitrogens with one attached hydrogen (secondary N) is 2. The van der Waals surface area contributed by atoms with Crippen molar-refractivity contribution in [2.75, 3.05) is 26.7 Å². The Morgan fingerprint density at radius 1 is 1.47 bits per heavy atom. The minimum absolute atomic E-state index is 0.0317. The van der Waals surface area contributed by atoms with Crippen LogP contribution < -0.4 is 10.6 Å². The van der Waals surface area contributed by atoms with E-state index >= 15 is 0 Å². The summed E-state index contributed by atoms with van der Waals surface area (Å²) in [6, 6.07) is -0.562. The fourth-order valence-corrected chi connectivity index (χ4v) is 2.42. The van der Waals surface area contributed by atoms with E-state index < -0.39 is 5.97 Å². The van der Waals surface area contributed by atoms with Gasteiger partial charge in [-0.2, -0.15) is 0 Å². The SMILES string of the molecule is CCC(CC(=O)O)NC(=O)NCC1CCCN(C)C1. The third kappa shape index (κ3) is 6.42. The number of piperidine rings is 1. The fourth-order valence-electron chi connectivity index (χ4n) is 2.42. The highest BCUT2D eigenvalue weighted by atomic mass is 16.4. The number of carboxylic acid groups (broad SMARTS) is 1. The summed E-state index contributed by atoms with van der Waals surface area (Å²) in [6.45, 7) is 4.65. The first-order valence-electron chi connectivity index (χ1n) is 6.96. The molecule has 110 valence electrons. The minimum Gasteiger partial charge on any atom is -0.481 e. The molecule has 6 nitrogen and oxygen atoms in total. The molecule has 6 heteroatoms. The monoisotopic (exact) mass is 271 g/mol. The molecule has 1 fully saturated rings. The molecule has 0 aromatic rings. The van der Waals surface area contributed by atoms with Gasteiger partial charge >= 0.3 is 12.0 Å². The Kier molecular flexibility index (Phi) is 6.62. The number of amides is 2. The zero-order valence-electron chi connectivity index (χ0n) is 11.8. The van der Waals surface area contributed by atoms with Crippen LogP contribution in [0.4, 0.5) is 4.79 Å². The van der Waals surface area contributed by atoms with Crippen molar-refractivity contribution in [1.82, 2.24) is 15.5 Å². The van der Waals surface area contributed by atoms with E-state index in [1.807, 2.05) is 6.92 Å². The van der Waals surface area contributed by atoms with Gasteiger partial charge in [0.15, 0.2) is 0 Å². The number of rotatable bonds is 6. The van der Waals surface area contributed by atoms with Crippen molar-refractivity contribution >= 4 is 12.0 Å². The van der Waals surface area contributed by atoms with Gasteiger partial charge in [0.2, 0.25) is 0 Å². The zero-order valence-corrected chi connectivity index (χ0v) is 11.8. The lowest BCUT2D eigenvalue weighted by Gasteiger charge is -2.29. The van der Waals surface area contributed by atoms with Gasteiger partial charge in [-0.25, -0.2) is 4.79 Å². The van der Waals surface area contributed by atoms with Crippen molar-refractivity contribution < 1.29 is 14.7 Å².